The molecule has 0 rings (SSSR count). The van der Waals surface area contributed by atoms with E-state index in [4.69, 9.17) is 13.8 Å². The quantitative estimate of drug-likeness (QED) is 0.0205. The Labute approximate surface area is 517 Å². The normalized spacial score (nSPS) is 14.4. The number of amides is 1. The van der Waals surface area contributed by atoms with Crippen LogP contribution in [0.4, 0.5) is 0 Å². The smallest absolute Gasteiger partial charge is 0.456 e. The summed E-state index contributed by atoms with van der Waals surface area (Å²) in [6.45, 7) is 6.83. The highest BCUT2D eigenvalue weighted by atomic mass is 31.2. The van der Waals surface area contributed by atoms with Crippen LogP contribution >= 0.6 is 7.82 Å². The molecule has 3 unspecified atom stereocenters. The van der Waals surface area contributed by atoms with Gasteiger partial charge in [0.15, 0.2) is 0 Å². The maximum atomic E-state index is 13.6. The van der Waals surface area contributed by atoms with E-state index in [0.29, 0.717) is 17.4 Å². The van der Waals surface area contributed by atoms with Gasteiger partial charge in [-0.3, -0.25) is 18.6 Å². The van der Waals surface area contributed by atoms with Gasteiger partial charge in [-0.25, -0.2) is 4.57 Å². The molecule has 0 aliphatic heterocycles. The first kappa shape index (κ1) is 80.2. The number of esters is 1. The van der Waals surface area contributed by atoms with Crippen LogP contribution in [0.5, 0.6) is 0 Å². The number of unbranched alkanes of at least 4 members (excludes halogenated alkanes) is 24. The minimum Gasteiger partial charge on any atom is -0.456 e. The molecule has 0 spiro atoms. The third-order valence-electron chi connectivity index (χ3n) is 14.3. The molecule has 480 valence electrons. The maximum Gasteiger partial charge on any atom is 0.472 e. The summed E-state index contributed by atoms with van der Waals surface area (Å²) in [4.78, 5) is 37.8. The highest BCUT2D eigenvalue weighted by Gasteiger charge is 2.30. The number of carbonyl (C=O) groups is 2. The standard InChI is InChI=1S/C74H127N2O7P/c1-7-10-13-16-19-22-25-28-30-32-34-35-36-37-38-39-40-41-43-45-47-49-52-55-58-61-64-67-74(78)83-72(65-62-59-56-53-50-27-24-21-18-15-12-9-3)71(70-82-84(79,80)81-69-68-76(4,5)6)75-73(77)66-63-60-57-54-51-48-46-44-42-33-31-29-26-23-20-17-14-11-8-2/h10,13,19-20,22-23,28-31,34-35,37-38,40-42,44,48,51,62,65,71-72H,7-9,11-12,14-18,21,24-27,32-33,36,39,43,45-47,49-50,52-61,63-64,66-70H2,1-6H3,(H-,75,77,79,80)/p+1/b13-10-,22-19-,23-20-,30-28-,31-29-,35-34-,38-37-,41-40-,44-42-,51-48-,65-62-. The number of ether oxygens (including phenoxy) is 1. The van der Waals surface area contributed by atoms with Crippen LogP contribution in [-0.2, 0) is 27.9 Å². The summed E-state index contributed by atoms with van der Waals surface area (Å²) in [5.74, 6) is -0.557. The van der Waals surface area contributed by atoms with Gasteiger partial charge in [0.05, 0.1) is 33.8 Å². The van der Waals surface area contributed by atoms with Crippen molar-refractivity contribution in [3.63, 3.8) is 0 Å². The number of rotatable bonds is 60. The molecule has 0 fully saturated rings. The first-order chi connectivity index (χ1) is 40.9. The molecule has 10 heteroatoms. The Hall–Kier alpha value is -3.85. The van der Waals surface area contributed by atoms with Gasteiger partial charge < -0.3 is 19.4 Å². The first-order valence-electron chi connectivity index (χ1n) is 34.0. The number of quaternary nitrogens is 1. The fraction of sp³-hybridized carbons (Fsp3) is 0.676. The van der Waals surface area contributed by atoms with Crippen molar-refractivity contribution < 1.29 is 37.3 Å². The number of phosphoric acid groups is 1. The Morgan fingerprint density at radius 3 is 1.18 bits per heavy atom. The van der Waals surface area contributed by atoms with Crippen molar-refractivity contribution in [3.05, 3.63) is 134 Å². The average molecular weight is 1190 g/mol. The number of likely N-dealkylation sites (N-methyl/N-ethyl adjacent to an activating group) is 1. The summed E-state index contributed by atoms with van der Waals surface area (Å²) in [5, 5.41) is 3.04. The number of nitrogens with one attached hydrogen (secondary N) is 1. The van der Waals surface area contributed by atoms with Crippen molar-refractivity contribution in [3.8, 4) is 0 Å². The lowest BCUT2D eigenvalue weighted by Crippen LogP contribution is -2.47. The van der Waals surface area contributed by atoms with Crippen LogP contribution < -0.4 is 5.32 Å². The molecule has 0 saturated heterocycles. The molecule has 1 amide bonds. The lowest BCUT2D eigenvalue weighted by Gasteiger charge is -2.27. The third-order valence-corrected chi connectivity index (χ3v) is 15.3. The zero-order valence-corrected chi connectivity index (χ0v) is 55.7. The van der Waals surface area contributed by atoms with Crippen molar-refractivity contribution in [2.45, 2.75) is 283 Å². The summed E-state index contributed by atoms with van der Waals surface area (Å²) in [6, 6.07) is -0.879. The predicted molar refractivity (Wildman–Crippen MR) is 364 cm³/mol. The van der Waals surface area contributed by atoms with Gasteiger partial charge in [-0.1, -0.05) is 264 Å². The number of hydrogen-bond donors (Lipinski definition) is 2. The van der Waals surface area contributed by atoms with Crippen LogP contribution in [0.1, 0.15) is 271 Å². The Bertz CT molecular complexity index is 1900. The Morgan fingerprint density at radius 1 is 0.429 bits per heavy atom. The molecular formula is C74H128N2O7P+. The monoisotopic (exact) mass is 1190 g/mol. The molecule has 0 aromatic heterocycles. The van der Waals surface area contributed by atoms with E-state index < -0.39 is 20.0 Å². The molecule has 3 atom stereocenters. The molecule has 0 saturated carbocycles. The van der Waals surface area contributed by atoms with Crippen molar-refractivity contribution in [1.29, 1.82) is 0 Å². The molecule has 84 heavy (non-hydrogen) atoms. The predicted octanol–water partition coefficient (Wildman–Crippen LogP) is 21.6. The SMILES string of the molecule is CC/C=C\C/C=C\C/C=C\C/C=C\C/C=C\C/C=C\CCCCCCCCCCC(=O)OC(/C=C\CCCCCCCCCCCC)C(COP(=O)(O)OCC[N+](C)(C)C)NC(=O)CCCCC/C=C\C/C=C\C/C=C\C/C=C\CCCCC. The Kier molecular flexibility index (Phi) is 59.4. The van der Waals surface area contributed by atoms with E-state index in [1.807, 2.05) is 33.3 Å². The van der Waals surface area contributed by atoms with Gasteiger partial charge in [0.2, 0.25) is 5.91 Å². The second kappa shape index (κ2) is 62.2. The van der Waals surface area contributed by atoms with Crippen molar-refractivity contribution >= 4 is 19.7 Å². The van der Waals surface area contributed by atoms with Crippen LogP contribution in [0.2, 0.25) is 0 Å². The summed E-state index contributed by atoms with van der Waals surface area (Å²) in [5.41, 5.74) is 0. The molecule has 0 aromatic rings. The Morgan fingerprint density at radius 2 is 0.762 bits per heavy atom. The Balaban J connectivity index is 5.20. The van der Waals surface area contributed by atoms with Crippen molar-refractivity contribution in [2.75, 3.05) is 40.9 Å². The van der Waals surface area contributed by atoms with Crippen molar-refractivity contribution in [1.82, 2.24) is 5.32 Å². The molecule has 0 heterocycles. The number of allylic oxidation sites excluding steroid dienone is 21. The molecule has 0 aliphatic carbocycles. The highest BCUT2D eigenvalue weighted by molar-refractivity contribution is 7.47. The zero-order valence-electron chi connectivity index (χ0n) is 54.8. The average Bonchev–Trinajstić information content (AvgIpc) is 3.65. The van der Waals surface area contributed by atoms with Crippen LogP contribution in [0.3, 0.4) is 0 Å². The van der Waals surface area contributed by atoms with Crippen LogP contribution in [0.25, 0.3) is 0 Å². The van der Waals surface area contributed by atoms with E-state index in [1.54, 1.807) is 0 Å². The lowest BCUT2D eigenvalue weighted by molar-refractivity contribution is -0.870. The lowest BCUT2D eigenvalue weighted by atomic mass is 10.0. The van der Waals surface area contributed by atoms with Gasteiger partial charge in [0.25, 0.3) is 0 Å². The summed E-state index contributed by atoms with van der Waals surface area (Å²) in [7, 11) is 1.45. The van der Waals surface area contributed by atoms with Gasteiger partial charge in [-0.15, -0.1) is 0 Å². The minimum atomic E-state index is -4.47. The summed E-state index contributed by atoms with van der Waals surface area (Å²) in [6.07, 6.45) is 88.8. The minimum absolute atomic E-state index is 0.0254. The zero-order chi connectivity index (χ0) is 61.4. The fourth-order valence-electron chi connectivity index (χ4n) is 9.10. The molecule has 0 aliphatic rings. The largest absolute Gasteiger partial charge is 0.472 e. The van der Waals surface area contributed by atoms with E-state index in [0.717, 1.165) is 128 Å². The number of phosphoric ester groups is 1. The van der Waals surface area contributed by atoms with Gasteiger partial charge in [0, 0.05) is 12.8 Å². The molecule has 2 N–H and O–H groups in total. The van der Waals surface area contributed by atoms with Gasteiger partial charge in [0.1, 0.15) is 19.3 Å². The molecular weight excluding hydrogens is 1060 g/mol. The molecule has 0 bridgehead atoms. The third kappa shape index (κ3) is 62.7. The van der Waals surface area contributed by atoms with E-state index in [-0.39, 0.29) is 37.9 Å². The van der Waals surface area contributed by atoms with Gasteiger partial charge in [-0.05, 0) is 128 Å². The number of carbonyl (C=O) groups excluding carboxylic acids is 2. The summed E-state index contributed by atoms with van der Waals surface area (Å²) < 4.78 is 30.7. The highest BCUT2D eigenvalue weighted by Crippen LogP contribution is 2.43. The van der Waals surface area contributed by atoms with Crippen LogP contribution in [0.15, 0.2) is 134 Å². The molecule has 9 nitrogen and oxygen atoms in total. The van der Waals surface area contributed by atoms with E-state index in [9.17, 15) is 19.0 Å². The summed E-state index contributed by atoms with van der Waals surface area (Å²) >= 11 is 0. The van der Waals surface area contributed by atoms with Crippen LogP contribution in [0, 0.1) is 0 Å². The molecule has 0 radical (unpaired) electrons. The maximum absolute atomic E-state index is 13.6. The number of hydrogen-bond acceptors (Lipinski definition) is 6. The van der Waals surface area contributed by atoms with Gasteiger partial charge in [-0.2, -0.15) is 0 Å². The second-order valence-corrected chi connectivity index (χ2v) is 25.1. The number of nitrogens with zero attached hydrogens (tertiary/aromatic N) is 1. The fourth-order valence-corrected chi connectivity index (χ4v) is 9.84. The van der Waals surface area contributed by atoms with Crippen molar-refractivity contribution in [2.24, 2.45) is 0 Å². The van der Waals surface area contributed by atoms with Crippen LogP contribution in [-0.4, -0.2) is 74.3 Å². The first-order valence-corrected chi connectivity index (χ1v) is 35.5. The van der Waals surface area contributed by atoms with E-state index in [2.05, 4.69) is 148 Å². The van der Waals surface area contributed by atoms with E-state index >= 15 is 0 Å². The second-order valence-electron chi connectivity index (χ2n) is 23.6. The van der Waals surface area contributed by atoms with Gasteiger partial charge >= 0.3 is 13.8 Å². The van der Waals surface area contributed by atoms with E-state index in [1.165, 1.54) is 103 Å². The molecule has 0 aromatic carbocycles. The topological polar surface area (TPSA) is 111 Å².